The Hall–Kier alpha value is -0.380. The van der Waals surface area contributed by atoms with E-state index in [0.29, 0.717) is 19.3 Å². The van der Waals surface area contributed by atoms with Gasteiger partial charge in [-0.1, -0.05) is 65.2 Å². The third-order valence-corrected chi connectivity index (χ3v) is 5.70. The minimum atomic E-state index is -2.91. The lowest BCUT2D eigenvalue weighted by Crippen LogP contribution is -2.10. The molecule has 21 heavy (non-hydrogen) atoms. The van der Waals surface area contributed by atoms with E-state index in [1.807, 2.05) is 0 Å². The smallest absolute Gasteiger partial charge is 0.150 e. The highest BCUT2D eigenvalue weighted by atomic mass is 32.2. The van der Waals surface area contributed by atoms with Gasteiger partial charge in [-0.25, -0.2) is 8.42 Å². The van der Waals surface area contributed by atoms with Crippen molar-refractivity contribution in [2.45, 2.75) is 90.9 Å². The summed E-state index contributed by atoms with van der Waals surface area (Å²) in [7, 11) is -2.91. The molecule has 126 valence electrons. The molecule has 0 saturated heterocycles. The lowest BCUT2D eigenvalue weighted by molar-refractivity contribution is -0.119. The highest BCUT2D eigenvalue weighted by Gasteiger charge is 2.09. The fourth-order valence-electron chi connectivity index (χ4n) is 2.39. The molecule has 0 atom stereocenters. The lowest BCUT2D eigenvalue weighted by Gasteiger charge is -2.03. The second kappa shape index (κ2) is 13.3. The molecule has 0 aliphatic carbocycles. The Morgan fingerprint density at radius 2 is 1.19 bits per heavy atom. The Morgan fingerprint density at radius 3 is 1.71 bits per heavy atom. The number of hydrogen-bond acceptors (Lipinski definition) is 3. The second-order valence-electron chi connectivity index (χ2n) is 5.96. The largest absolute Gasteiger partial charge is 0.300 e. The van der Waals surface area contributed by atoms with Crippen molar-refractivity contribution in [3.05, 3.63) is 0 Å². The first-order valence-corrected chi connectivity index (χ1v) is 10.6. The quantitative estimate of drug-likeness (QED) is 0.411. The molecule has 4 heteroatoms. The van der Waals surface area contributed by atoms with Crippen molar-refractivity contribution in [3.8, 4) is 0 Å². The lowest BCUT2D eigenvalue weighted by atomic mass is 10.0. The molecule has 3 nitrogen and oxygen atoms in total. The highest BCUT2D eigenvalue weighted by molar-refractivity contribution is 7.91. The molecule has 0 rings (SSSR count). The normalized spacial score (nSPS) is 11.7. The Morgan fingerprint density at radius 1 is 0.714 bits per heavy atom. The van der Waals surface area contributed by atoms with Crippen molar-refractivity contribution in [3.63, 3.8) is 0 Å². The first-order chi connectivity index (χ1) is 10.0. The molecule has 0 aliphatic heterocycles. The minimum absolute atomic E-state index is 0.160. The van der Waals surface area contributed by atoms with Gasteiger partial charge in [0.1, 0.15) is 15.6 Å². The molecule has 0 bridgehead atoms. The summed E-state index contributed by atoms with van der Waals surface area (Å²) in [5, 5.41) is 0. The molecule has 0 spiro atoms. The summed E-state index contributed by atoms with van der Waals surface area (Å²) in [4.78, 5) is 11.6. The van der Waals surface area contributed by atoms with Crippen molar-refractivity contribution >= 4 is 15.6 Å². The van der Waals surface area contributed by atoms with E-state index in [0.717, 1.165) is 12.8 Å². The van der Waals surface area contributed by atoms with E-state index in [-0.39, 0.29) is 17.3 Å². The van der Waals surface area contributed by atoms with Crippen LogP contribution >= 0.6 is 0 Å². The number of ketones is 1. The zero-order valence-corrected chi connectivity index (χ0v) is 14.8. The Labute approximate surface area is 131 Å². The first-order valence-electron chi connectivity index (χ1n) is 8.74. The fourth-order valence-corrected chi connectivity index (χ4v) is 3.26. The summed E-state index contributed by atoms with van der Waals surface area (Å²) in [6.07, 6.45) is 12.8. The van der Waals surface area contributed by atoms with Gasteiger partial charge < -0.3 is 0 Å². The van der Waals surface area contributed by atoms with Gasteiger partial charge in [0.25, 0.3) is 0 Å². The van der Waals surface area contributed by atoms with E-state index >= 15 is 0 Å². The zero-order valence-electron chi connectivity index (χ0n) is 14.0. The predicted molar refractivity (Wildman–Crippen MR) is 90.4 cm³/mol. The number of carbonyl (C=O) groups excluding carboxylic acids is 1. The van der Waals surface area contributed by atoms with Crippen LogP contribution in [0.25, 0.3) is 0 Å². The van der Waals surface area contributed by atoms with Gasteiger partial charge in [0.15, 0.2) is 0 Å². The monoisotopic (exact) mass is 318 g/mol. The molecule has 0 aromatic rings. The standard InChI is InChI=1S/C17H34O3S/c1-3-5-6-7-8-9-10-11-12-14-17(18)15-13-16-21(19,20)4-2/h3-16H2,1-2H3. The maximum atomic E-state index is 11.6. The first kappa shape index (κ1) is 20.6. The molecule has 0 unspecified atom stereocenters. The van der Waals surface area contributed by atoms with Crippen LogP contribution in [0.15, 0.2) is 0 Å². The van der Waals surface area contributed by atoms with Crippen LogP contribution in [0.2, 0.25) is 0 Å². The molecule has 0 fully saturated rings. The van der Waals surface area contributed by atoms with Crippen molar-refractivity contribution in [1.82, 2.24) is 0 Å². The molecule has 0 amide bonds. The summed E-state index contributed by atoms with van der Waals surface area (Å²) in [5.41, 5.74) is 0. The molecule has 0 aliphatic rings. The van der Waals surface area contributed by atoms with E-state index in [4.69, 9.17) is 0 Å². The summed E-state index contributed by atoms with van der Waals surface area (Å²) in [6.45, 7) is 3.88. The zero-order chi connectivity index (χ0) is 16.0. The van der Waals surface area contributed by atoms with E-state index in [1.165, 1.54) is 44.9 Å². The van der Waals surface area contributed by atoms with Crippen molar-refractivity contribution in [2.75, 3.05) is 11.5 Å². The Balaban J connectivity index is 3.34. The van der Waals surface area contributed by atoms with Gasteiger partial charge in [-0.3, -0.25) is 4.79 Å². The van der Waals surface area contributed by atoms with E-state index < -0.39 is 9.84 Å². The van der Waals surface area contributed by atoms with Crippen molar-refractivity contribution < 1.29 is 13.2 Å². The average molecular weight is 319 g/mol. The van der Waals surface area contributed by atoms with Gasteiger partial charge in [-0.2, -0.15) is 0 Å². The summed E-state index contributed by atoms with van der Waals surface area (Å²) < 4.78 is 22.6. The molecular formula is C17H34O3S. The van der Waals surface area contributed by atoms with E-state index in [1.54, 1.807) is 6.92 Å². The average Bonchev–Trinajstić information content (AvgIpc) is 2.45. The molecule has 0 heterocycles. The SMILES string of the molecule is CCCCCCCCCCCC(=O)CCCS(=O)(=O)CC. The van der Waals surface area contributed by atoms with Gasteiger partial charge in [-0.15, -0.1) is 0 Å². The minimum Gasteiger partial charge on any atom is -0.300 e. The molecule has 0 aromatic heterocycles. The third kappa shape index (κ3) is 14.3. The topological polar surface area (TPSA) is 51.2 Å². The number of hydrogen-bond donors (Lipinski definition) is 0. The van der Waals surface area contributed by atoms with Crippen LogP contribution < -0.4 is 0 Å². The van der Waals surface area contributed by atoms with E-state index in [2.05, 4.69) is 6.92 Å². The summed E-state index contributed by atoms with van der Waals surface area (Å²) in [6, 6.07) is 0. The van der Waals surface area contributed by atoms with Gasteiger partial charge in [0.05, 0.1) is 5.75 Å². The Bertz CT molecular complexity index is 347. The summed E-state index contributed by atoms with van der Waals surface area (Å²) >= 11 is 0. The van der Waals surface area contributed by atoms with Crippen LogP contribution in [-0.2, 0) is 14.6 Å². The van der Waals surface area contributed by atoms with Crippen LogP contribution in [0.3, 0.4) is 0 Å². The number of unbranched alkanes of at least 4 members (excludes halogenated alkanes) is 8. The van der Waals surface area contributed by atoms with Gasteiger partial charge in [0, 0.05) is 18.6 Å². The van der Waals surface area contributed by atoms with Gasteiger partial charge in [0.2, 0.25) is 0 Å². The van der Waals surface area contributed by atoms with Crippen LogP contribution in [0, 0.1) is 0 Å². The fraction of sp³-hybridized carbons (Fsp3) is 0.941. The van der Waals surface area contributed by atoms with Crippen LogP contribution in [0.4, 0.5) is 0 Å². The van der Waals surface area contributed by atoms with Crippen LogP contribution in [0.1, 0.15) is 90.9 Å². The number of Topliss-reactive ketones (excluding diaryl/α,β-unsaturated/α-hetero) is 1. The second-order valence-corrected chi connectivity index (χ2v) is 8.43. The third-order valence-electron chi connectivity index (χ3n) is 3.91. The predicted octanol–water partition coefficient (Wildman–Crippen LogP) is 4.69. The molecular weight excluding hydrogens is 284 g/mol. The van der Waals surface area contributed by atoms with Gasteiger partial charge >= 0.3 is 0 Å². The van der Waals surface area contributed by atoms with Crippen LogP contribution in [0.5, 0.6) is 0 Å². The maximum absolute atomic E-state index is 11.6. The Kier molecular flexibility index (Phi) is 13.1. The highest BCUT2D eigenvalue weighted by Crippen LogP contribution is 2.11. The van der Waals surface area contributed by atoms with Crippen LogP contribution in [-0.4, -0.2) is 25.7 Å². The molecule has 0 saturated carbocycles. The number of rotatable bonds is 15. The van der Waals surface area contributed by atoms with E-state index in [9.17, 15) is 13.2 Å². The number of carbonyl (C=O) groups is 1. The number of sulfone groups is 1. The van der Waals surface area contributed by atoms with Gasteiger partial charge in [-0.05, 0) is 12.8 Å². The summed E-state index contributed by atoms with van der Waals surface area (Å²) in [5.74, 6) is 0.566. The molecule has 0 N–H and O–H groups in total. The molecule has 0 radical (unpaired) electrons. The molecule has 0 aromatic carbocycles. The van der Waals surface area contributed by atoms with Crippen molar-refractivity contribution in [1.29, 1.82) is 0 Å². The maximum Gasteiger partial charge on any atom is 0.150 e. The van der Waals surface area contributed by atoms with Crippen molar-refractivity contribution in [2.24, 2.45) is 0 Å².